The number of hydrogen-bond acceptors (Lipinski definition) is 2. The molecule has 0 aliphatic heterocycles. The molecule has 0 unspecified atom stereocenters. The van der Waals surface area contributed by atoms with Crippen molar-refractivity contribution in [1.82, 2.24) is 0 Å². The van der Waals surface area contributed by atoms with Gasteiger partial charge < -0.3 is 5.11 Å². The summed E-state index contributed by atoms with van der Waals surface area (Å²) in [5.41, 5.74) is 0. The van der Waals surface area contributed by atoms with E-state index >= 15 is 0 Å². The number of carbonyl (C=O) groups excluding carboxylic acids is 1. The van der Waals surface area contributed by atoms with E-state index in [1.54, 1.807) is 0 Å². The summed E-state index contributed by atoms with van der Waals surface area (Å²) in [5, 5.41) is 10.1. The fraction of sp³-hybridized carbons (Fsp3) is 0.944. The first-order chi connectivity index (χ1) is 9.75. The van der Waals surface area contributed by atoms with Gasteiger partial charge in [-0.1, -0.05) is 71.1 Å². The van der Waals surface area contributed by atoms with Crippen molar-refractivity contribution in [3.05, 3.63) is 0 Å². The van der Waals surface area contributed by atoms with Crippen molar-refractivity contribution in [2.75, 3.05) is 0 Å². The lowest BCUT2D eigenvalue weighted by Gasteiger charge is -2.25. The Morgan fingerprint density at radius 1 is 1.00 bits per heavy atom. The summed E-state index contributed by atoms with van der Waals surface area (Å²) in [7, 11) is 0. The Morgan fingerprint density at radius 3 is 2.20 bits per heavy atom. The maximum atomic E-state index is 11.7. The molecule has 1 N–H and O–H groups in total. The molecule has 0 aromatic heterocycles. The Hall–Kier alpha value is -0.370. The summed E-state index contributed by atoms with van der Waals surface area (Å²) in [6.45, 7) is 2.25. The summed E-state index contributed by atoms with van der Waals surface area (Å²) < 4.78 is 0. The van der Waals surface area contributed by atoms with Crippen molar-refractivity contribution in [1.29, 1.82) is 0 Å². The Morgan fingerprint density at radius 2 is 1.60 bits per heavy atom. The highest BCUT2D eigenvalue weighted by Gasteiger charge is 2.28. The monoisotopic (exact) mass is 282 g/mol. The van der Waals surface area contributed by atoms with E-state index in [4.69, 9.17) is 0 Å². The van der Waals surface area contributed by atoms with Crippen LogP contribution in [0, 0.1) is 5.92 Å². The van der Waals surface area contributed by atoms with E-state index in [2.05, 4.69) is 6.92 Å². The number of carbonyl (C=O) groups is 1. The van der Waals surface area contributed by atoms with Crippen molar-refractivity contribution >= 4 is 5.78 Å². The van der Waals surface area contributed by atoms with E-state index in [-0.39, 0.29) is 12.0 Å². The lowest BCUT2D eigenvalue weighted by atomic mass is 9.82. The molecule has 20 heavy (non-hydrogen) atoms. The zero-order valence-electron chi connectivity index (χ0n) is 13.4. The molecule has 1 aliphatic carbocycles. The molecule has 1 aliphatic rings. The minimum absolute atomic E-state index is 0.0437. The summed E-state index contributed by atoms with van der Waals surface area (Å²) in [4.78, 5) is 11.7. The number of Topliss-reactive ketones (excluding diaryl/α,β-unsaturated/α-hetero) is 1. The first-order valence-electron chi connectivity index (χ1n) is 8.96. The lowest BCUT2D eigenvalue weighted by Crippen LogP contribution is -2.30. The van der Waals surface area contributed by atoms with E-state index in [0.717, 1.165) is 32.1 Å². The number of aliphatic hydroxyl groups is 1. The summed E-state index contributed by atoms with van der Waals surface area (Å²) in [6, 6.07) is 0. The van der Waals surface area contributed by atoms with Crippen LogP contribution < -0.4 is 0 Å². The van der Waals surface area contributed by atoms with Gasteiger partial charge in [-0.25, -0.2) is 0 Å². The molecule has 1 fully saturated rings. The Labute approximate surface area is 125 Å². The van der Waals surface area contributed by atoms with Gasteiger partial charge in [-0.3, -0.25) is 4.79 Å². The zero-order valence-corrected chi connectivity index (χ0v) is 13.4. The third-order valence-corrected chi connectivity index (χ3v) is 4.67. The van der Waals surface area contributed by atoms with Gasteiger partial charge in [0.1, 0.15) is 5.78 Å². The lowest BCUT2D eigenvalue weighted by molar-refractivity contribution is -0.128. The molecule has 0 radical (unpaired) electrons. The number of ketones is 1. The first-order valence-corrected chi connectivity index (χ1v) is 8.96. The van der Waals surface area contributed by atoms with Gasteiger partial charge in [0.2, 0.25) is 0 Å². The smallest absolute Gasteiger partial charge is 0.138 e. The van der Waals surface area contributed by atoms with Crippen molar-refractivity contribution in [3.8, 4) is 0 Å². The Kier molecular flexibility index (Phi) is 10.00. The van der Waals surface area contributed by atoms with Crippen molar-refractivity contribution in [2.45, 2.75) is 103 Å². The van der Waals surface area contributed by atoms with Crippen molar-refractivity contribution in [3.63, 3.8) is 0 Å². The average Bonchev–Trinajstić information content (AvgIpc) is 2.46. The Bertz CT molecular complexity index is 250. The van der Waals surface area contributed by atoms with Gasteiger partial charge in [-0.2, -0.15) is 0 Å². The molecular weight excluding hydrogens is 248 g/mol. The van der Waals surface area contributed by atoms with Gasteiger partial charge in [-0.05, 0) is 19.3 Å². The molecule has 0 bridgehead atoms. The highest BCUT2D eigenvalue weighted by atomic mass is 16.3. The van der Waals surface area contributed by atoms with Crippen LogP contribution in [0.5, 0.6) is 0 Å². The van der Waals surface area contributed by atoms with Crippen LogP contribution in [-0.4, -0.2) is 17.0 Å². The normalized spacial score (nSPS) is 21.1. The third-order valence-electron chi connectivity index (χ3n) is 4.67. The van der Waals surface area contributed by atoms with E-state index in [9.17, 15) is 9.90 Å². The van der Waals surface area contributed by atoms with Gasteiger partial charge in [0.15, 0.2) is 0 Å². The van der Waals surface area contributed by atoms with Crippen LogP contribution in [0.15, 0.2) is 0 Å². The fourth-order valence-electron chi connectivity index (χ4n) is 3.28. The van der Waals surface area contributed by atoms with Gasteiger partial charge in [0.05, 0.1) is 6.10 Å². The standard InChI is InChI=1S/C18H34O2/c1-2-3-4-5-6-7-8-9-10-14-17(19)16-13-11-12-15-18(16)20/h16-17,19H,2-15H2,1H3/t16-,17-/m1/s1. The minimum atomic E-state index is -0.368. The van der Waals surface area contributed by atoms with E-state index in [1.807, 2.05) is 0 Å². The predicted octanol–water partition coefficient (Wildman–Crippen LogP) is 5.03. The van der Waals surface area contributed by atoms with Crippen LogP contribution in [0.2, 0.25) is 0 Å². The Balaban J connectivity index is 1.94. The molecule has 2 nitrogen and oxygen atoms in total. The molecule has 0 heterocycles. The van der Waals surface area contributed by atoms with Gasteiger partial charge >= 0.3 is 0 Å². The van der Waals surface area contributed by atoms with E-state index in [0.29, 0.717) is 12.2 Å². The highest BCUT2D eigenvalue weighted by Crippen LogP contribution is 2.26. The van der Waals surface area contributed by atoms with Crippen LogP contribution in [0.4, 0.5) is 0 Å². The number of rotatable bonds is 11. The molecule has 118 valence electrons. The van der Waals surface area contributed by atoms with Gasteiger partial charge in [-0.15, -0.1) is 0 Å². The average molecular weight is 282 g/mol. The number of unbranched alkanes of at least 4 members (excludes halogenated alkanes) is 8. The summed E-state index contributed by atoms with van der Waals surface area (Å²) in [6.07, 6.45) is 16.0. The molecule has 0 aromatic rings. The van der Waals surface area contributed by atoms with Crippen LogP contribution in [-0.2, 0) is 4.79 Å². The molecule has 1 rings (SSSR count). The number of hydrogen-bond donors (Lipinski definition) is 1. The van der Waals surface area contributed by atoms with Crippen molar-refractivity contribution in [2.24, 2.45) is 5.92 Å². The third kappa shape index (κ3) is 7.42. The quantitative estimate of drug-likeness (QED) is 0.540. The van der Waals surface area contributed by atoms with Crippen LogP contribution >= 0.6 is 0 Å². The van der Waals surface area contributed by atoms with Crippen LogP contribution in [0.3, 0.4) is 0 Å². The van der Waals surface area contributed by atoms with Gasteiger partial charge in [0.25, 0.3) is 0 Å². The maximum Gasteiger partial charge on any atom is 0.138 e. The molecule has 1 saturated carbocycles. The highest BCUT2D eigenvalue weighted by molar-refractivity contribution is 5.82. The second-order valence-corrected chi connectivity index (χ2v) is 6.50. The van der Waals surface area contributed by atoms with E-state index in [1.165, 1.54) is 51.4 Å². The first kappa shape index (κ1) is 17.7. The minimum Gasteiger partial charge on any atom is -0.392 e. The van der Waals surface area contributed by atoms with E-state index < -0.39 is 0 Å². The molecule has 2 atom stereocenters. The molecule has 0 aromatic carbocycles. The topological polar surface area (TPSA) is 37.3 Å². The fourth-order valence-corrected chi connectivity index (χ4v) is 3.28. The molecule has 2 heteroatoms. The largest absolute Gasteiger partial charge is 0.392 e. The second-order valence-electron chi connectivity index (χ2n) is 6.50. The maximum absolute atomic E-state index is 11.7. The molecule has 0 amide bonds. The van der Waals surface area contributed by atoms with Crippen LogP contribution in [0.1, 0.15) is 96.8 Å². The van der Waals surface area contributed by atoms with Crippen molar-refractivity contribution < 1.29 is 9.90 Å². The second kappa shape index (κ2) is 11.3. The number of aliphatic hydroxyl groups excluding tert-OH is 1. The summed E-state index contributed by atoms with van der Waals surface area (Å²) in [5.74, 6) is 0.262. The van der Waals surface area contributed by atoms with Crippen LogP contribution in [0.25, 0.3) is 0 Å². The SMILES string of the molecule is CCCCCCCCCCC[C@@H](O)[C@H]1CCCCC1=O. The predicted molar refractivity (Wildman–Crippen MR) is 84.8 cm³/mol. The zero-order chi connectivity index (χ0) is 14.6. The summed E-state index contributed by atoms with van der Waals surface area (Å²) >= 11 is 0. The molecule has 0 spiro atoms. The molecular formula is C18H34O2. The van der Waals surface area contributed by atoms with Gasteiger partial charge in [0, 0.05) is 12.3 Å². The molecule has 0 saturated heterocycles.